The fourth-order valence-corrected chi connectivity index (χ4v) is 14.8. The molecular weight excluding hydrogens is 653 g/mol. The van der Waals surface area contributed by atoms with Gasteiger partial charge in [0.25, 0.3) is 0 Å². The van der Waals surface area contributed by atoms with E-state index < -0.39 is 8.07 Å². The Labute approximate surface area is 315 Å². The zero-order chi connectivity index (χ0) is 36.4. The molecule has 10 rings (SSSR count). The van der Waals surface area contributed by atoms with Crippen molar-refractivity contribution >= 4 is 45.6 Å². The minimum absolute atomic E-state index is 0.0320. The minimum Gasteiger partial charge on any atom is -0.0675 e. The summed E-state index contributed by atoms with van der Waals surface area (Å²) in [6, 6.07) is 53.6. The van der Waals surface area contributed by atoms with Gasteiger partial charge in [0.2, 0.25) is 0 Å². The highest BCUT2D eigenvalue weighted by Crippen LogP contribution is 2.52. The maximum atomic E-state index is 2.66. The quantitative estimate of drug-likeness (QED) is 0.120. The first-order chi connectivity index (χ1) is 25.6. The Morgan fingerprint density at radius 3 is 1.43 bits per heavy atom. The molecule has 1 heteroatoms. The predicted octanol–water partition coefficient (Wildman–Crippen LogP) is 14.2. The van der Waals surface area contributed by atoms with Crippen LogP contribution < -0.4 is 5.19 Å². The molecule has 0 saturated heterocycles. The van der Waals surface area contributed by atoms with Crippen LogP contribution in [-0.4, -0.2) is 8.07 Å². The molecule has 2 aliphatic carbocycles. The van der Waals surface area contributed by atoms with Gasteiger partial charge in [-0.1, -0.05) is 187 Å². The van der Waals surface area contributed by atoms with E-state index in [4.69, 9.17) is 0 Å². The Hall–Kier alpha value is -4.98. The number of fused-ring (bicyclic) bond motifs is 6. The molecule has 0 aliphatic heterocycles. The number of hydrogen-bond donors (Lipinski definition) is 0. The Morgan fingerprint density at radius 1 is 0.396 bits per heavy atom. The third-order valence-corrected chi connectivity index (χ3v) is 19.8. The van der Waals surface area contributed by atoms with Gasteiger partial charge >= 0.3 is 0 Å². The van der Waals surface area contributed by atoms with Crippen molar-refractivity contribution < 1.29 is 0 Å². The largest absolute Gasteiger partial charge is 0.0867 e. The van der Waals surface area contributed by atoms with Gasteiger partial charge in [0.1, 0.15) is 0 Å². The van der Waals surface area contributed by atoms with Crippen LogP contribution in [-0.2, 0) is 10.8 Å². The van der Waals surface area contributed by atoms with E-state index in [0.717, 1.165) is 0 Å². The molecule has 0 amide bonds. The maximum Gasteiger partial charge on any atom is 0.0867 e. The summed E-state index contributed by atoms with van der Waals surface area (Å²) >= 11 is 0. The monoisotopic (exact) mass is 700 g/mol. The summed E-state index contributed by atoms with van der Waals surface area (Å²) in [5.74, 6) is 0. The lowest BCUT2D eigenvalue weighted by Crippen LogP contribution is -2.46. The summed E-state index contributed by atoms with van der Waals surface area (Å²) in [6.07, 6.45) is 0. The van der Waals surface area contributed by atoms with Crippen molar-refractivity contribution in [3.8, 4) is 44.5 Å². The summed E-state index contributed by atoms with van der Waals surface area (Å²) in [4.78, 5) is 0. The van der Waals surface area contributed by atoms with Crippen LogP contribution in [0.5, 0.6) is 0 Å². The zero-order valence-electron chi connectivity index (χ0n) is 32.2. The van der Waals surface area contributed by atoms with E-state index in [1.807, 2.05) is 0 Å². The lowest BCUT2D eigenvalue weighted by molar-refractivity contribution is 0.660. The third kappa shape index (κ3) is 4.29. The van der Waals surface area contributed by atoms with E-state index >= 15 is 0 Å². The Kier molecular flexibility index (Phi) is 6.94. The first kappa shape index (κ1) is 32.7. The molecule has 2 aliphatic rings. The van der Waals surface area contributed by atoms with Crippen molar-refractivity contribution in [1.82, 2.24) is 0 Å². The molecule has 0 radical (unpaired) electrons. The molecule has 0 spiro atoms. The molecule has 8 aromatic rings. The average Bonchev–Trinajstić information content (AvgIpc) is 3.57. The normalized spacial score (nSPS) is 15.2. The van der Waals surface area contributed by atoms with Crippen LogP contribution >= 0.6 is 0 Å². The second-order valence-electron chi connectivity index (χ2n) is 17.0. The molecule has 0 saturated carbocycles. The van der Waals surface area contributed by atoms with Crippen LogP contribution in [0, 0.1) is 0 Å². The Bertz CT molecular complexity index is 2780. The predicted molar refractivity (Wildman–Crippen MR) is 233 cm³/mol. The van der Waals surface area contributed by atoms with Gasteiger partial charge in [-0.3, -0.25) is 0 Å². The standard InChI is InChI=1S/C52H48Si/c1-8-53(9-2,10-3)48-31-43(34-22-25-39-37-16-12-14-18-45(37)52(6,7)47(39)30-34)41-26-20-32-19-23-35(40-27-28-42(48)50(41)49(32)40)33-21-24-38-36-15-11-13-17-44(36)51(4,5)46(38)29-33/h11-31H,8-10H2,1-7H3. The van der Waals surface area contributed by atoms with Crippen LogP contribution in [0.4, 0.5) is 0 Å². The van der Waals surface area contributed by atoms with Gasteiger partial charge in [0.15, 0.2) is 0 Å². The van der Waals surface area contributed by atoms with Crippen molar-refractivity contribution in [1.29, 1.82) is 0 Å². The molecule has 0 N–H and O–H groups in total. The Morgan fingerprint density at radius 2 is 0.849 bits per heavy atom. The highest BCUT2D eigenvalue weighted by molar-refractivity contribution is 6.93. The van der Waals surface area contributed by atoms with Crippen molar-refractivity contribution in [2.75, 3.05) is 0 Å². The maximum absolute atomic E-state index is 2.66. The molecule has 0 aromatic heterocycles. The summed E-state index contributed by atoms with van der Waals surface area (Å²) in [6.45, 7) is 17.0. The summed E-state index contributed by atoms with van der Waals surface area (Å²) in [5, 5.41) is 10.1. The minimum atomic E-state index is -1.79. The molecule has 0 bridgehead atoms. The highest BCUT2D eigenvalue weighted by Gasteiger charge is 2.37. The Balaban J connectivity index is 1.25. The van der Waals surface area contributed by atoms with Crippen molar-refractivity contribution in [2.24, 2.45) is 0 Å². The molecule has 0 unspecified atom stereocenters. The molecule has 0 fully saturated rings. The van der Waals surface area contributed by atoms with Crippen LogP contribution in [0.25, 0.3) is 76.8 Å². The first-order valence-corrected chi connectivity index (χ1v) is 22.5. The lowest BCUT2D eigenvalue weighted by Gasteiger charge is -2.32. The van der Waals surface area contributed by atoms with Gasteiger partial charge in [0, 0.05) is 10.8 Å². The second kappa shape index (κ2) is 11.3. The van der Waals surface area contributed by atoms with Crippen molar-refractivity contribution in [3.63, 3.8) is 0 Å². The second-order valence-corrected chi connectivity index (χ2v) is 22.3. The molecule has 8 aromatic carbocycles. The smallest absolute Gasteiger partial charge is 0.0675 e. The van der Waals surface area contributed by atoms with Gasteiger partial charge < -0.3 is 0 Å². The van der Waals surface area contributed by atoms with Crippen LogP contribution in [0.15, 0.2) is 127 Å². The van der Waals surface area contributed by atoms with E-state index in [-0.39, 0.29) is 10.8 Å². The van der Waals surface area contributed by atoms with E-state index in [9.17, 15) is 0 Å². The molecule has 0 atom stereocenters. The summed E-state index contributed by atoms with van der Waals surface area (Å²) in [7, 11) is -1.79. The fourth-order valence-electron chi connectivity index (χ4n) is 10.9. The lowest BCUT2D eigenvalue weighted by atomic mass is 9.80. The molecule has 53 heavy (non-hydrogen) atoms. The van der Waals surface area contributed by atoms with Crippen molar-refractivity contribution in [3.05, 3.63) is 150 Å². The molecule has 260 valence electrons. The topological polar surface area (TPSA) is 0 Å². The van der Waals surface area contributed by atoms with Gasteiger partial charge in [-0.05, 0) is 111 Å². The average molecular weight is 701 g/mol. The van der Waals surface area contributed by atoms with Crippen LogP contribution in [0.1, 0.15) is 70.7 Å². The molecule has 0 nitrogen and oxygen atoms in total. The summed E-state index contributed by atoms with van der Waals surface area (Å²) < 4.78 is 0. The van der Waals surface area contributed by atoms with Gasteiger partial charge in [-0.15, -0.1) is 0 Å². The first-order valence-electron chi connectivity index (χ1n) is 19.9. The fraction of sp³-hybridized carbons (Fsp3) is 0.231. The van der Waals surface area contributed by atoms with Gasteiger partial charge in [-0.25, -0.2) is 0 Å². The van der Waals surface area contributed by atoms with E-state index in [1.165, 1.54) is 117 Å². The van der Waals surface area contributed by atoms with Crippen LogP contribution in [0.3, 0.4) is 0 Å². The van der Waals surface area contributed by atoms with E-state index in [1.54, 1.807) is 5.19 Å². The SMILES string of the molecule is CC[Si](CC)(CC)c1cc(-c2ccc3c(c2)C(C)(C)c2ccccc2-3)c2ccc3ccc(-c4ccc5c(c4)C(C)(C)c4ccccc4-5)c4ccc1c2c34. The number of benzene rings is 8. The van der Waals surface area contributed by atoms with E-state index in [2.05, 4.69) is 176 Å². The van der Waals surface area contributed by atoms with Gasteiger partial charge in [0.05, 0.1) is 8.07 Å². The number of hydrogen-bond acceptors (Lipinski definition) is 0. The van der Waals surface area contributed by atoms with Gasteiger partial charge in [-0.2, -0.15) is 0 Å². The zero-order valence-corrected chi connectivity index (χ0v) is 33.2. The molecule has 0 heterocycles. The van der Waals surface area contributed by atoms with E-state index in [0.29, 0.717) is 0 Å². The highest BCUT2D eigenvalue weighted by atomic mass is 28.3. The van der Waals surface area contributed by atoms with Crippen LogP contribution in [0.2, 0.25) is 18.1 Å². The number of rotatable bonds is 6. The summed E-state index contributed by atoms with van der Waals surface area (Å²) in [5.41, 5.74) is 16.6. The molecular formula is C52H48Si. The van der Waals surface area contributed by atoms with Crippen molar-refractivity contribution in [2.45, 2.75) is 77.4 Å². The third-order valence-electron chi connectivity index (χ3n) is 14.2.